The van der Waals surface area contributed by atoms with Gasteiger partial charge in [0, 0.05) is 36.2 Å². The van der Waals surface area contributed by atoms with Crippen molar-refractivity contribution in [2.75, 3.05) is 18.9 Å². The summed E-state index contributed by atoms with van der Waals surface area (Å²) < 4.78 is 14.0. The summed E-state index contributed by atoms with van der Waals surface area (Å²) in [6.45, 7) is 1.89. The van der Waals surface area contributed by atoms with E-state index in [9.17, 15) is 14.4 Å². The third-order valence-electron chi connectivity index (χ3n) is 6.16. The van der Waals surface area contributed by atoms with Gasteiger partial charge in [0.1, 0.15) is 10.5 Å². The standard InChI is InChI=1S/C26H28N4O5S2/c31-21(27-14-17-6-4-12-34-17)10-3-11-30-25(33)24-23(19-8-1-2-9-20(19)37-24)29-26(30)36-16-22(32)28-15-18-7-5-13-35-18/h1-2,5,7-9,13,17H,3-4,6,10-12,14-16H2,(H,27,31)(H,28,32). The fourth-order valence-electron chi connectivity index (χ4n) is 4.26. The summed E-state index contributed by atoms with van der Waals surface area (Å²) in [7, 11) is 0. The van der Waals surface area contributed by atoms with Crippen LogP contribution in [-0.2, 0) is 27.4 Å². The predicted molar refractivity (Wildman–Crippen MR) is 144 cm³/mol. The molecule has 1 aromatic carbocycles. The second kappa shape index (κ2) is 11.9. The molecule has 1 saturated heterocycles. The zero-order chi connectivity index (χ0) is 25.6. The molecule has 1 unspecified atom stereocenters. The number of nitrogens with zero attached hydrogens (tertiary/aromatic N) is 2. The molecule has 1 aliphatic heterocycles. The molecule has 9 nitrogen and oxygen atoms in total. The number of hydrogen-bond acceptors (Lipinski definition) is 8. The maximum Gasteiger partial charge on any atom is 0.272 e. The van der Waals surface area contributed by atoms with Gasteiger partial charge in [-0.15, -0.1) is 11.3 Å². The highest BCUT2D eigenvalue weighted by atomic mass is 32.2. The molecule has 0 aliphatic carbocycles. The van der Waals surface area contributed by atoms with Crippen molar-refractivity contribution in [3.8, 4) is 0 Å². The zero-order valence-corrected chi connectivity index (χ0v) is 21.9. The van der Waals surface area contributed by atoms with E-state index in [2.05, 4.69) is 10.6 Å². The molecule has 4 heterocycles. The molecule has 3 aromatic heterocycles. The number of hydrogen-bond donors (Lipinski definition) is 2. The molecule has 0 bridgehead atoms. The van der Waals surface area contributed by atoms with E-state index in [1.54, 1.807) is 23.0 Å². The average molecular weight is 541 g/mol. The molecule has 0 spiro atoms. The van der Waals surface area contributed by atoms with E-state index in [0.717, 1.165) is 29.5 Å². The minimum Gasteiger partial charge on any atom is -0.467 e. The Kier molecular flexibility index (Phi) is 8.22. The van der Waals surface area contributed by atoms with Gasteiger partial charge in [0.25, 0.3) is 5.56 Å². The molecule has 5 rings (SSSR count). The minimum atomic E-state index is -0.189. The van der Waals surface area contributed by atoms with Crippen molar-refractivity contribution in [1.29, 1.82) is 0 Å². The zero-order valence-electron chi connectivity index (χ0n) is 20.2. The van der Waals surface area contributed by atoms with Crippen molar-refractivity contribution in [2.24, 2.45) is 0 Å². The summed E-state index contributed by atoms with van der Waals surface area (Å²) in [5, 5.41) is 7.13. The van der Waals surface area contributed by atoms with Crippen LogP contribution in [0.3, 0.4) is 0 Å². The summed E-state index contributed by atoms with van der Waals surface area (Å²) in [5.74, 6) is 0.511. The Morgan fingerprint density at radius 2 is 2.05 bits per heavy atom. The number of benzene rings is 1. The van der Waals surface area contributed by atoms with Gasteiger partial charge in [0.15, 0.2) is 5.16 Å². The maximum atomic E-state index is 13.5. The fourth-order valence-corrected chi connectivity index (χ4v) is 6.20. The highest BCUT2D eigenvalue weighted by Crippen LogP contribution is 2.31. The highest BCUT2D eigenvalue weighted by molar-refractivity contribution is 7.99. The number of aromatic nitrogens is 2. The van der Waals surface area contributed by atoms with E-state index in [4.69, 9.17) is 14.1 Å². The second-order valence-electron chi connectivity index (χ2n) is 8.81. The van der Waals surface area contributed by atoms with Crippen molar-refractivity contribution < 1.29 is 18.7 Å². The topological polar surface area (TPSA) is 115 Å². The number of ether oxygens (including phenoxy) is 1. The average Bonchev–Trinajstić information content (AvgIpc) is 3.68. The lowest BCUT2D eigenvalue weighted by Crippen LogP contribution is -2.32. The van der Waals surface area contributed by atoms with Crippen molar-refractivity contribution in [3.63, 3.8) is 0 Å². The van der Waals surface area contributed by atoms with E-state index in [1.807, 2.05) is 24.3 Å². The van der Waals surface area contributed by atoms with E-state index >= 15 is 0 Å². The lowest BCUT2D eigenvalue weighted by atomic mass is 10.2. The minimum absolute atomic E-state index is 0.0639. The summed E-state index contributed by atoms with van der Waals surface area (Å²) >= 11 is 2.63. The summed E-state index contributed by atoms with van der Waals surface area (Å²) in [4.78, 5) is 43.1. The van der Waals surface area contributed by atoms with Crippen LogP contribution in [0.25, 0.3) is 20.3 Å². The van der Waals surface area contributed by atoms with Gasteiger partial charge in [0.05, 0.1) is 30.2 Å². The second-order valence-corrected chi connectivity index (χ2v) is 10.8. The SMILES string of the molecule is O=C(CCCn1c(SCC(=O)NCc2ccco2)nc2c(sc3ccccc32)c1=O)NCC1CCCO1. The lowest BCUT2D eigenvalue weighted by molar-refractivity contribution is -0.121. The van der Waals surface area contributed by atoms with Gasteiger partial charge in [-0.25, -0.2) is 4.98 Å². The molecule has 2 amide bonds. The van der Waals surface area contributed by atoms with Gasteiger partial charge in [-0.05, 0) is 37.5 Å². The first-order valence-corrected chi connectivity index (χ1v) is 14.1. The number of furan rings is 1. The predicted octanol–water partition coefficient (Wildman–Crippen LogP) is 3.69. The molecule has 1 fully saturated rings. The maximum absolute atomic E-state index is 13.5. The largest absolute Gasteiger partial charge is 0.467 e. The van der Waals surface area contributed by atoms with Crippen molar-refractivity contribution >= 4 is 55.2 Å². The Morgan fingerprint density at radius 1 is 1.16 bits per heavy atom. The van der Waals surface area contributed by atoms with Crippen LogP contribution in [0.5, 0.6) is 0 Å². The number of carbonyl (C=O) groups excluding carboxylic acids is 2. The van der Waals surface area contributed by atoms with Crippen LogP contribution < -0.4 is 16.2 Å². The Hall–Kier alpha value is -3.15. The molecular formula is C26H28N4O5S2. The van der Waals surface area contributed by atoms with Gasteiger partial charge in [0.2, 0.25) is 11.8 Å². The molecule has 1 aliphatic rings. The number of fused-ring (bicyclic) bond motifs is 3. The van der Waals surface area contributed by atoms with Crippen LogP contribution in [0.1, 0.15) is 31.4 Å². The van der Waals surface area contributed by atoms with Gasteiger partial charge >= 0.3 is 0 Å². The van der Waals surface area contributed by atoms with Crippen LogP contribution in [0.2, 0.25) is 0 Å². The van der Waals surface area contributed by atoms with Crippen LogP contribution in [0.4, 0.5) is 0 Å². The Bertz CT molecular complexity index is 1440. The molecule has 37 heavy (non-hydrogen) atoms. The Balaban J connectivity index is 1.29. The summed E-state index contributed by atoms with van der Waals surface area (Å²) in [5.41, 5.74) is 0.499. The number of carbonyl (C=O) groups is 2. The third kappa shape index (κ3) is 6.23. The Labute approximate surface area is 221 Å². The smallest absolute Gasteiger partial charge is 0.272 e. The highest BCUT2D eigenvalue weighted by Gasteiger charge is 2.19. The van der Waals surface area contributed by atoms with Gasteiger partial charge in [-0.2, -0.15) is 0 Å². The van der Waals surface area contributed by atoms with Gasteiger partial charge in [-0.1, -0.05) is 30.0 Å². The summed E-state index contributed by atoms with van der Waals surface area (Å²) in [6.07, 6.45) is 4.41. The summed E-state index contributed by atoms with van der Waals surface area (Å²) in [6, 6.07) is 11.3. The monoisotopic (exact) mass is 540 g/mol. The normalized spacial score (nSPS) is 15.4. The quantitative estimate of drug-likeness (QED) is 0.220. The molecule has 2 N–H and O–H groups in total. The van der Waals surface area contributed by atoms with Crippen molar-refractivity contribution in [1.82, 2.24) is 20.2 Å². The van der Waals surface area contributed by atoms with Crippen LogP contribution >= 0.6 is 23.1 Å². The Morgan fingerprint density at radius 3 is 2.86 bits per heavy atom. The van der Waals surface area contributed by atoms with Crippen molar-refractivity contribution in [3.05, 3.63) is 58.8 Å². The first-order chi connectivity index (χ1) is 18.1. The molecule has 0 radical (unpaired) electrons. The molecule has 194 valence electrons. The fraction of sp³-hybridized carbons (Fsp3) is 0.385. The number of nitrogens with one attached hydrogen (secondary N) is 2. The third-order valence-corrected chi connectivity index (χ3v) is 8.28. The van der Waals surface area contributed by atoms with E-state index in [0.29, 0.717) is 47.2 Å². The van der Waals surface area contributed by atoms with E-state index in [1.165, 1.54) is 23.1 Å². The first kappa shape index (κ1) is 25.5. The first-order valence-electron chi connectivity index (χ1n) is 12.3. The molecule has 11 heteroatoms. The van der Waals surface area contributed by atoms with Crippen LogP contribution in [-0.4, -0.2) is 46.4 Å². The van der Waals surface area contributed by atoms with Gasteiger partial charge in [-0.3, -0.25) is 19.0 Å². The number of amides is 2. The number of thioether (sulfide) groups is 1. The number of thiophene rings is 1. The van der Waals surface area contributed by atoms with E-state index < -0.39 is 0 Å². The molecule has 0 saturated carbocycles. The van der Waals surface area contributed by atoms with Crippen LogP contribution in [0.15, 0.2) is 57.0 Å². The van der Waals surface area contributed by atoms with Gasteiger partial charge < -0.3 is 19.8 Å². The van der Waals surface area contributed by atoms with Crippen LogP contribution in [0, 0.1) is 0 Å². The van der Waals surface area contributed by atoms with Crippen molar-refractivity contribution in [2.45, 2.75) is 50.0 Å². The van der Waals surface area contributed by atoms with E-state index in [-0.39, 0.29) is 35.7 Å². The molecule has 1 atom stereocenters. The molecule has 4 aromatic rings. The molecular weight excluding hydrogens is 512 g/mol. The lowest BCUT2D eigenvalue weighted by Gasteiger charge is -2.13. The number of rotatable bonds is 11.